The van der Waals surface area contributed by atoms with Crippen LogP contribution in [0.5, 0.6) is 0 Å². The van der Waals surface area contributed by atoms with Gasteiger partial charge in [0, 0.05) is 19.1 Å². The van der Waals surface area contributed by atoms with Crippen molar-refractivity contribution in [3.05, 3.63) is 15.9 Å². The summed E-state index contributed by atoms with van der Waals surface area (Å²) in [6.07, 6.45) is 3.91. The van der Waals surface area contributed by atoms with E-state index in [1.54, 1.807) is 0 Å². The topological polar surface area (TPSA) is 29.9 Å². The Labute approximate surface area is 118 Å². The molecule has 1 saturated carbocycles. The van der Waals surface area contributed by atoms with Crippen LogP contribution in [0.15, 0.2) is 4.47 Å². The van der Waals surface area contributed by atoms with Crippen LogP contribution in [0.3, 0.4) is 0 Å². The molecule has 0 spiro atoms. The van der Waals surface area contributed by atoms with Gasteiger partial charge < -0.3 is 5.32 Å². The highest BCUT2D eigenvalue weighted by Gasteiger charge is 2.30. The molecule has 102 valence electrons. The summed E-state index contributed by atoms with van der Waals surface area (Å²) in [4.78, 5) is 0. The van der Waals surface area contributed by atoms with Crippen LogP contribution >= 0.6 is 15.9 Å². The van der Waals surface area contributed by atoms with Gasteiger partial charge in [-0.15, -0.1) is 0 Å². The second-order valence-corrected chi connectivity index (χ2v) is 6.94. The smallest absolute Gasteiger partial charge is 0.0739 e. The molecule has 1 heterocycles. The average molecular weight is 314 g/mol. The van der Waals surface area contributed by atoms with E-state index in [0.29, 0.717) is 11.5 Å². The quantitative estimate of drug-likeness (QED) is 0.919. The molecule has 18 heavy (non-hydrogen) atoms. The molecule has 1 aliphatic carbocycles. The molecule has 1 N–H and O–H groups in total. The largest absolute Gasteiger partial charge is 0.308 e. The summed E-state index contributed by atoms with van der Waals surface area (Å²) >= 11 is 3.65. The second kappa shape index (κ2) is 5.33. The summed E-state index contributed by atoms with van der Waals surface area (Å²) in [7, 11) is 0. The third-order valence-electron chi connectivity index (χ3n) is 3.98. The normalized spacial score (nSPS) is 22.6. The van der Waals surface area contributed by atoms with Gasteiger partial charge >= 0.3 is 0 Å². The summed E-state index contributed by atoms with van der Waals surface area (Å²) < 4.78 is 3.25. The molecule has 3 nitrogen and oxygen atoms in total. The van der Waals surface area contributed by atoms with E-state index in [-0.39, 0.29) is 0 Å². The van der Waals surface area contributed by atoms with Gasteiger partial charge in [0.25, 0.3) is 0 Å². The number of nitrogens with one attached hydrogen (secondary N) is 1. The first kappa shape index (κ1) is 14.1. The van der Waals surface area contributed by atoms with Crippen LogP contribution in [-0.2, 0) is 13.1 Å². The molecule has 0 aromatic carbocycles. The van der Waals surface area contributed by atoms with Crippen molar-refractivity contribution in [1.82, 2.24) is 15.1 Å². The fourth-order valence-corrected chi connectivity index (χ4v) is 3.31. The van der Waals surface area contributed by atoms with Crippen LogP contribution < -0.4 is 5.32 Å². The van der Waals surface area contributed by atoms with E-state index in [1.807, 2.05) is 0 Å². The molecule has 2 rings (SSSR count). The number of aryl methyl sites for hydroxylation is 2. The van der Waals surface area contributed by atoms with E-state index in [9.17, 15) is 0 Å². The lowest BCUT2D eigenvalue weighted by atomic mass is 9.92. The lowest BCUT2D eigenvalue weighted by Gasteiger charge is -2.18. The van der Waals surface area contributed by atoms with Crippen LogP contribution in [0.2, 0.25) is 0 Å². The first-order chi connectivity index (χ1) is 8.43. The Hall–Kier alpha value is -0.350. The van der Waals surface area contributed by atoms with Gasteiger partial charge in [-0.05, 0) is 54.5 Å². The number of hydrogen-bond donors (Lipinski definition) is 1. The molecular weight excluding hydrogens is 290 g/mol. The van der Waals surface area contributed by atoms with Crippen molar-refractivity contribution >= 4 is 15.9 Å². The Morgan fingerprint density at radius 2 is 2.22 bits per heavy atom. The maximum absolute atomic E-state index is 4.53. The molecule has 1 aromatic rings. The highest BCUT2D eigenvalue weighted by atomic mass is 79.9. The fraction of sp³-hybridized carbons (Fsp3) is 0.786. The molecule has 1 aromatic heterocycles. The van der Waals surface area contributed by atoms with Crippen LogP contribution in [-0.4, -0.2) is 15.8 Å². The number of nitrogens with zero attached hydrogens (tertiary/aromatic N) is 2. The summed E-state index contributed by atoms with van der Waals surface area (Å²) in [5.41, 5.74) is 2.87. The van der Waals surface area contributed by atoms with Gasteiger partial charge in [0.05, 0.1) is 15.9 Å². The number of aromatic nitrogens is 2. The van der Waals surface area contributed by atoms with Crippen molar-refractivity contribution in [1.29, 1.82) is 0 Å². The molecule has 0 bridgehead atoms. The van der Waals surface area contributed by atoms with Crippen LogP contribution in [0.1, 0.15) is 51.4 Å². The average Bonchev–Trinajstić information content (AvgIpc) is 2.78. The second-order valence-electron chi connectivity index (χ2n) is 6.15. The van der Waals surface area contributed by atoms with Gasteiger partial charge in [0.2, 0.25) is 0 Å². The Balaban J connectivity index is 1.98. The third-order valence-corrected chi connectivity index (χ3v) is 5.01. The predicted octanol–water partition coefficient (Wildman–Crippen LogP) is 3.64. The molecule has 0 radical (unpaired) electrons. The third kappa shape index (κ3) is 2.97. The molecule has 4 heteroatoms. The minimum absolute atomic E-state index is 0.510. The maximum atomic E-state index is 4.53. The van der Waals surface area contributed by atoms with Gasteiger partial charge in [0.1, 0.15) is 0 Å². The summed E-state index contributed by atoms with van der Waals surface area (Å²) in [5.74, 6) is 0. The summed E-state index contributed by atoms with van der Waals surface area (Å²) in [5, 5.41) is 8.22. The van der Waals surface area contributed by atoms with E-state index in [1.165, 1.54) is 25.0 Å². The maximum Gasteiger partial charge on any atom is 0.0739 e. The Kier molecular flexibility index (Phi) is 4.17. The van der Waals surface area contributed by atoms with Crippen LogP contribution in [0.25, 0.3) is 0 Å². The van der Waals surface area contributed by atoms with Gasteiger partial charge in [-0.25, -0.2) is 0 Å². The highest BCUT2D eigenvalue weighted by Crippen LogP contribution is 2.37. The van der Waals surface area contributed by atoms with Crippen molar-refractivity contribution in [3.8, 4) is 0 Å². The molecule has 1 unspecified atom stereocenters. The van der Waals surface area contributed by atoms with Crippen molar-refractivity contribution in [2.75, 3.05) is 0 Å². The van der Waals surface area contributed by atoms with Crippen molar-refractivity contribution in [2.45, 2.75) is 66.1 Å². The lowest BCUT2D eigenvalue weighted by molar-refractivity contribution is 0.363. The lowest BCUT2D eigenvalue weighted by Crippen LogP contribution is -2.28. The number of rotatable bonds is 4. The van der Waals surface area contributed by atoms with E-state index in [2.05, 4.69) is 58.7 Å². The first-order valence-electron chi connectivity index (χ1n) is 6.88. The zero-order chi connectivity index (χ0) is 13.3. The minimum atomic E-state index is 0.510. The molecule has 1 atom stereocenters. The molecular formula is C14H24BrN3. The van der Waals surface area contributed by atoms with Gasteiger partial charge in [-0.3, -0.25) is 4.68 Å². The van der Waals surface area contributed by atoms with Gasteiger partial charge in [-0.2, -0.15) is 5.10 Å². The monoisotopic (exact) mass is 313 g/mol. The minimum Gasteiger partial charge on any atom is -0.308 e. The standard InChI is InChI=1S/C14H24BrN3/c1-5-18-12(13(15)10(2)17-18)9-16-11-6-7-14(3,4)8-11/h11,16H,5-9H2,1-4H3. The van der Waals surface area contributed by atoms with Crippen molar-refractivity contribution in [3.63, 3.8) is 0 Å². The van der Waals surface area contributed by atoms with Gasteiger partial charge in [0.15, 0.2) is 0 Å². The Morgan fingerprint density at radius 1 is 1.50 bits per heavy atom. The van der Waals surface area contributed by atoms with Crippen molar-refractivity contribution in [2.24, 2.45) is 5.41 Å². The van der Waals surface area contributed by atoms with E-state index in [0.717, 1.165) is 23.3 Å². The zero-order valence-electron chi connectivity index (χ0n) is 11.9. The zero-order valence-corrected chi connectivity index (χ0v) is 13.5. The highest BCUT2D eigenvalue weighted by molar-refractivity contribution is 9.10. The van der Waals surface area contributed by atoms with Gasteiger partial charge in [-0.1, -0.05) is 13.8 Å². The number of halogens is 1. The Bertz CT molecular complexity index is 423. The molecule has 0 aliphatic heterocycles. The van der Waals surface area contributed by atoms with Crippen LogP contribution in [0.4, 0.5) is 0 Å². The van der Waals surface area contributed by atoms with E-state index < -0.39 is 0 Å². The summed E-state index contributed by atoms with van der Waals surface area (Å²) in [6.45, 7) is 10.8. The van der Waals surface area contributed by atoms with Crippen LogP contribution in [0, 0.1) is 12.3 Å². The number of hydrogen-bond acceptors (Lipinski definition) is 2. The molecule has 0 saturated heterocycles. The van der Waals surface area contributed by atoms with E-state index >= 15 is 0 Å². The fourth-order valence-electron chi connectivity index (χ4n) is 2.89. The Morgan fingerprint density at radius 3 is 2.78 bits per heavy atom. The molecule has 1 fully saturated rings. The SMILES string of the molecule is CCn1nc(C)c(Br)c1CNC1CCC(C)(C)C1. The molecule has 0 amide bonds. The molecule has 1 aliphatic rings. The van der Waals surface area contributed by atoms with E-state index in [4.69, 9.17) is 0 Å². The van der Waals surface area contributed by atoms with Crippen molar-refractivity contribution < 1.29 is 0 Å². The summed E-state index contributed by atoms with van der Waals surface area (Å²) in [6, 6.07) is 0.660. The first-order valence-corrected chi connectivity index (χ1v) is 7.67. The predicted molar refractivity (Wildman–Crippen MR) is 78.6 cm³/mol.